The predicted octanol–water partition coefficient (Wildman–Crippen LogP) is 2.65. The van der Waals surface area contributed by atoms with E-state index in [-0.39, 0.29) is 5.54 Å². The van der Waals surface area contributed by atoms with Crippen LogP contribution in [-0.4, -0.2) is 35.3 Å². The molecule has 1 unspecified atom stereocenters. The van der Waals surface area contributed by atoms with Crippen LogP contribution in [0.4, 0.5) is 5.69 Å². The minimum Gasteiger partial charge on any atom is -0.291 e. The third-order valence-corrected chi connectivity index (χ3v) is 3.95. The van der Waals surface area contributed by atoms with E-state index >= 15 is 0 Å². The van der Waals surface area contributed by atoms with Crippen LogP contribution in [0.15, 0.2) is 24.3 Å². The van der Waals surface area contributed by atoms with Crippen LogP contribution < -0.4 is 0 Å². The van der Waals surface area contributed by atoms with Crippen LogP contribution in [0.25, 0.3) is 0 Å². The molecule has 1 aromatic rings. The van der Waals surface area contributed by atoms with E-state index in [2.05, 4.69) is 61.4 Å². The van der Waals surface area contributed by atoms with Gasteiger partial charge in [0.25, 0.3) is 0 Å². The molecule has 0 spiro atoms. The van der Waals surface area contributed by atoms with Crippen molar-refractivity contribution in [2.24, 2.45) is 0 Å². The molecule has 0 bridgehead atoms. The highest BCUT2D eigenvalue weighted by Gasteiger charge is 2.36. The molecule has 2 heteroatoms. The van der Waals surface area contributed by atoms with Gasteiger partial charge in [-0.25, -0.2) is 4.58 Å². The monoisotopic (exact) mass is 217 g/mol. The maximum absolute atomic E-state index is 4.18. The average molecular weight is 217 g/mol. The highest BCUT2D eigenvalue weighted by molar-refractivity contribution is 5.43. The van der Waals surface area contributed by atoms with Gasteiger partial charge in [-0.2, -0.15) is 0 Å². The van der Waals surface area contributed by atoms with Crippen molar-refractivity contribution in [3.63, 3.8) is 0 Å². The molecule has 16 heavy (non-hydrogen) atoms. The fourth-order valence-electron chi connectivity index (χ4n) is 2.40. The van der Waals surface area contributed by atoms with Gasteiger partial charge >= 0.3 is 0 Å². The molecule has 1 aromatic carbocycles. The zero-order valence-corrected chi connectivity index (χ0v) is 10.5. The number of hydrogen-bond acceptors (Lipinski definition) is 1. The van der Waals surface area contributed by atoms with E-state index in [0.717, 1.165) is 19.5 Å². The lowest BCUT2D eigenvalue weighted by molar-refractivity contribution is -0.445. The lowest BCUT2D eigenvalue weighted by Crippen LogP contribution is -2.46. The van der Waals surface area contributed by atoms with E-state index in [1.165, 1.54) is 11.3 Å². The molecule has 1 heterocycles. The first-order valence-corrected chi connectivity index (χ1v) is 5.94. The summed E-state index contributed by atoms with van der Waals surface area (Å²) in [6.07, 6.45) is 1.14. The minimum absolute atomic E-state index is 0.209. The van der Waals surface area contributed by atoms with Gasteiger partial charge in [0.15, 0.2) is 6.54 Å². The Hall–Kier alpha value is -1.15. The summed E-state index contributed by atoms with van der Waals surface area (Å²) in [5, 5.41) is 0. The molecule has 0 aromatic heterocycles. The summed E-state index contributed by atoms with van der Waals surface area (Å²) in [7, 11) is 2.21. The molecule has 0 N–H and O–H groups in total. The SMILES string of the molecule is C=[N+]1CC(C)(CC)N(C)Cc2ccccc21. The zero-order chi connectivity index (χ0) is 11.8. The smallest absolute Gasteiger partial charge is 0.209 e. The van der Waals surface area contributed by atoms with Crippen LogP contribution in [0.2, 0.25) is 0 Å². The summed E-state index contributed by atoms with van der Waals surface area (Å²) in [4.78, 5) is 2.44. The molecule has 2 rings (SSSR count). The van der Waals surface area contributed by atoms with Gasteiger partial charge in [0.2, 0.25) is 5.69 Å². The number of fused-ring (bicyclic) bond motifs is 1. The molecule has 86 valence electrons. The largest absolute Gasteiger partial charge is 0.291 e. The lowest BCUT2D eigenvalue weighted by atomic mass is 9.97. The normalized spacial score (nSPS) is 26.3. The zero-order valence-electron chi connectivity index (χ0n) is 10.5. The number of likely N-dealkylation sites (N-methyl/N-ethyl adjacent to an activating group) is 1. The van der Waals surface area contributed by atoms with Crippen LogP contribution in [0.3, 0.4) is 0 Å². The van der Waals surface area contributed by atoms with E-state index in [0.29, 0.717) is 0 Å². The Bertz CT molecular complexity index is 411. The van der Waals surface area contributed by atoms with Crippen molar-refractivity contribution in [1.82, 2.24) is 4.90 Å². The van der Waals surface area contributed by atoms with Gasteiger partial charge in [0.1, 0.15) is 6.72 Å². The second-order valence-corrected chi connectivity index (χ2v) is 5.03. The average Bonchev–Trinajstić information content (AvgIpc) is 2.37. The second kappa shape index (κ2) is 4.02. The van der Waals surface area contributed by atoms with Crippen LogP contribution in [0.1, 0.15) is 25.8 Å². The van der Waals surface area contributed by atoms with Crippen molar-refractivity contribution >= 4 is 12.4 Å². The first-order chi connectivity index (χ1) is 7.57. The summed E-state index contributed by atoms with van der Waals surface area (Å²) in [5.74, 6) is 0. The molecule has 0 aliphatic carbocycles. The molecular weight excluding hydrogens is 196 g/mol. The van der Waals surface area contributed by atoms with Crippen LogP contribution in [-0.2, 0) is 6.54 Å². The van der Waals surface area contributed by atoms with E-state index in [4.69, 9.17) is 0 Å². The summed E-state index contributed by atoms with van der Waals surface area (Å²) in [6.45, 7) is 10.7. The fourth-order valence-corrected chi connectivity index (χ4v) is 2.40. The molecular formula is C14H21N2+. The predicted molar refractivity (Wildman–Crippen MR) is 68.5 cm³/mol. The number of benzene rings is 1. The summed E-state index contributed by atoms with van der Waals surface area (Å²) in [5.41, 5.74) is 2.85. The second-order valence-electron chi connectivity index (χ2n) is 5.03. The van der Waals surface area contributed by atoms with Gasteiger partial charge in [-0.3, -0.25) is 4.90 Å². The standard InChI is InChI=1S/C14H21N2/c1-5-14(2)11-15(3)13-9-7-6-8-12(13)10-16(14)4/h6-9H,3,5,10-11H2,1-2,4H3/q+1. The Labute approximate surface area is 98.2 Å². The quantitative estimate of drug-likeness (QED) is 0.655. The number of para-hydroxylation sites is 1. The molecule has 0 saturated carbocycles. The highest BCUT2D eigenvalue weighted by Crippen LogP contribution is 2.30. The Balaban J connectivity index is 2.44. The maximum Gasteiger partial charge on any atom is 0.209 e. The number of rotatable bonds is 1. The van der Waals surface area contributed by atoms with Gasteiger partial charge < -0.3 is 0 Å². The van der Waals surface area contributed by atoms with E-state index < -0.39 is 0 Å². The van der Waals surface area contributed by atoms with Crippen molar-refractivity contribution in [3.8, 4) is 0 Å². The Morgan fingerprint density at radius 2 is 2.12 bits per heavy atom. The van der Waals surface area contributed by atoms with Crippen molar-refractivity contribution in [2.75, 3.05) is 13.6 Å². The Kier molecular flexibility index (Phi) is 2.85. The van der Waals surface area contributed by atoms with Crippen molar-refractivity contribution in [3.05, 3.63) is 29.8 Å². The van der Waals surface area contributed by atoms with Crippen molar-refractivity contribution < 1.29 is 4.58 Å². The van der Waals surface area contributed by atoms with Crippen LogP contribution in [0, 0.1) is 0 Å². The molecule has 0 saturated heterocycles. The highest BCUT2D eigenvalue weighted by atomic mass is 15.2. The van der Waals surface area contributed by atoms with Gasteiger partial charge in [-0.1, -0.05) is 25.1 Å². The van der Waals surface area contributed by atoms with Gasteiger partial charge in [0, 0.05) is 18.2 Å². The van der Waals surface area contributed by atoms with Crippen molar-refractivity contribution in [2.45, 2.75) is 32.4 Å². The molecule has 1 aliphatic heterocycles. The summed E-state index contributed by atoms with van der Waals surface area (Å²) >= 11 is 0. The Morgan fingerprint density at radius 3 is 2.81 bits per heavy atom. The van der Waals surface area contributed by atoms with Gasteiger partial charge in [0.05, 0.1) is 5.54 Å². The molecule has 1 aliphatic rings. The molecule has 0 radical (unpaired) electrons. The lowest BCUT2D eigenvalue weighted by Gasteiger charge is -2.33. The van der Waals surface area contributed by atoms with E-state index in [1.807, 2.05) is 0 Å². The summed E-state index contributed by atoms with van der Waals surface area (Å²) < 4.78 is 2.14. The Morgan fingerprint density at radius 1 is 1.44 bits per heavy atom. The topological polar surface area (TPSA) is 6.25 Å². The molecule has 0 fully saturated rings. The molecule has 1 atom stereocenters. The summed E-state index contributed by atoms with van der Waals surface area (Å²) in [6, 6.07) is 8.56. The first kappa shape index (κ1) is 11.3. The van der Waals surface area contributed by atoms with Crippen LogP contribution >= 0.6 is 0 Å². The number of hydrogen-bond donors (Lipinski definition) is 0. The van der Waals surface area contributed by atoms with E-state index in [9.17, 15) is 0 Å². The van der Waals surface area contributed by atoms with E-state index in [1.54, 1.807) is 0 Å². The minimum atomic E-state index is 0.209. The fraction of sp³-hybridized carbons (Fsp3) is 0.500. The third-order valence-electron chi connectivity index (χ3n) is 3.95. The van der Waals surface area contributed by atoms with Gasteiger partial charge in [-0.05, 0) is 20.4 Å². The number of nitrogens with zero attached hydrogens (tertiary/aromatic N) is 2. The first-order valence-electron chi connectivity index (χ1n) is 5.94. The molecule has 0 amide bonds. The third kappa shape index (κ3) is 1.78. The van der Waals surface area contributed by atoms with Gasteiger partial charge in [-0.15, -0.1) is 0 Å². The van der Waals surface area contributed by atoms with Crippen LogP contribution in [0.5, 0.6) is 0 Å². The maximum atomic E-state index is 4.18. The molecule has 2 nitrogen and oxygen atoms in total. The van der Waals surface area contributed by atoms with Crippen molar-refractivity contribution in [1.29, 1.82) is 0 Å².